The Hall–Kier alpha value is -0.940. The molecule has 0 saturated carbocycles. The van der Waals surface area contributed by atoms with Crippen LogP contribution >= 0.6 is 11.8 Å². The second-order valence-electron chi connectivity index (χ2n) is 3.95. The molecule has 0 aliphatic carbocycles. The molecule has 1 aromatic rings. The summed E-state index contributed by atoms with van der Waals surface area (Å²) in [4.78, 5) is 6.81. The Morgan fingerprint density at radius 3 is 3.00 bits per heavy atom. The Labute approximate surface area is 107 Å². The summed E-state index contributed by atoms with van der Waals surface area (Å²) in [5.74, 6) is 4.06. The van der Waals surface area contributed by atoms with E-state index in [9.17, 15) is 0 Å². The van der Waals surface area contributed by atoms with E-state index in [0.717, 1.165) is 18.9 Å². The molecule has 1 aliphatic heterocycles. The van der Waals surface area contributed by atoms with Crippen molar-refractivity contribution in [1.29, 1.82) is 0 Å². The van der Waals surface area contributed by atoms with Crippen LogP contribution in [-0.4, -0.2) is 54.7 Å². The van der Waals surface area contributed by atoms with Gasteiger partial charge in [0.05, 0.1) is 7.11 Å². The fraction of sp³-hybridized carbons (Fsp3) is 0.583. The molecule has 5 heteroatoms. The molecule has 0 radical (unpaired) electrons. The third kappa shape index (κ3) is 4.09. The number of hydrogen-bond donors (Lipinski definition) is 1. The first-order valence-electron chi connectivity index (χ1n) is 5.93. The van der Waals surface area contributed by atoms with Gasteiger partial charge in [-0.15, -0.1) is 0 Å². The number of anilines is 1. The van der Waals surface area contributed by atoms with Crippen LogP contribution in [-0.2, 0) is 0 Å². The third-order valence-corrected chi connectivity index (χ3v) is 3.71. The van der Waals surface area contributed by atoms with Crippen LogP contribution in [0.1, 0.15) is 0 Å². The molecule has 0 amide bonds. The van der Waals surface area contributed by atoms with Crippen LogP contribution < -0.4 is 10.1 Å². The molecule has 1 fully saturated rings. The van der Waals surface area contributed by atoms with Gasteiger partial charge in [0.25, 0.3) is 0 Å². The first-order chi connectivity index (χ1) is 8.38. The lowest BCUT2D eigenvalue weighted by Gasteiger charge is -2.26. The Morgan fingerprint density at radius 1 is 1.41 bits per heavy atom. The Balaban J connectivity index is 1.73. The number of methoxy groups -OCH3 is 1. The van der Waals surface area contributed by atoms with Gasteiger partial charge in [-0.3, -0.25) is 4.90 Å². The van der Waals surface area contributed by atoms with Crippen molar-refractivity contribution in [3.63, 3.8) is 0 Å². The molecule has 2 heterocycles. The van der Waals surface area contributed by atoms with Crippen LogP contribution in [0.4, 0.5) is 5.82 Å². The van der Waals surface area contributed by atoms with E-state index in [0.29, 0.717) is 5.88 Å². The normalized spacial score (nSPS) is 16.8. The maximum Gasteiger partial charge on any atom is 0.214 e. The largest absolute Gasteiger partial charge is 0.481 e. The molecule has 0 bridgehead atoms. The molecule has 4 nitrogen and oxygen atoms in total. The van der Waals surface area contributed by atoms with Crippen molar-refractivity contribution >= 4 is 17.6 Å². The van der Waals surface area contributed by atoms with Gasteiger partial charge in [-0.2, -0.15) is 16.7 Å². The van der Waals surface area contributed by atoms with Crippen molar-refractivity contribution in [1.82, 2.24) is 9.88 Å². The van der Waals surface area contributed by atoms with Crippen molar-refractivity contribution in [3.8, 4) is 5.88 Å². The molecular weight excluding hydrogens is 234 g/mol. The summed E-state index contributed by atoms with van der Waals surface area (Å²) in [6.45, 7) is 4.43. The minimum Gasteiger partial charge on any atom is -0.481 e. The molecule has 1 aliphatic rings. The molecule has 94 valence electrons. The van der Waals surface area contributed by atoms with Crippen molar-refractivity contribution < 1.29 is 4.74 Å². The third-order valence-electron chi connectivity index (χ3n) is 2.77. The fourth-order valence-corrected chi connectivity index (χ4v) is 2.77. The zero-order chi connectivity index (χ0) is 11.9. The molecule has 0 spiro atoms. The number of hydrogen-bond acceptors (Lipinski definition) is 5. The molecule has 0 aromatic carbocycles. The van der Waals surface area contributed by atoms with Gasteiger partial charge in [0, 0.05) is 43.8 Å². The van der Waals surface area contributed by atoms with Gasteiger partial charge >= 0.3 is 0 Å². The number of nitrogens with zero attached hydrogens (tertiary/aromatic N) is 2. The zero-order valence-electron chi connectivity index (χ0n) is 10.2. The van der Waals surface area contributed by atoms with Crippen LogP contribution in [0.5, 0.6) is 5.88 Å². The summed E-state index contributed by atoms with van der Waals surface area (Å²) in [6.07, 6.45) is 0. The second-order valence-corrected chi connectivity index (χ2v) is 5.17. The summed E-state index contributed by atoms with van der Waals surface area (Å²) in [6, 6.07) is 5.77. The Kier molecular flexibility index (Phi) is 4.94. The van der Waals surface area contributed by atoms with E-state index in [4.69, 9.17) is 4.74 Å². The van der Waals surface area contributed by atoms with Crippen LogP contribution in [0.2, 0.25) is 0 Å². The predicted octanol–water partition coefficient (Wildman–Crippen LogP) is 1.55. The maximum atomic E-state index is 5.09. The van der Waals surface area contributed by atoms with E-state index in [1.54, 1.807) is 7.11 Å². The molecule has 1 N–H and O–H groups in total. The van der Waals surface area contributed by atoms with E-state index in [1.807, 2.05) is 30.0 Å². The van der Waals surface area contributed by atoms with E-state index < -0.39 is 0 Å². The van der Waals surface area contributed by atoms with Crippen molar-refractivity contribution in [2.45, 2.75) is 0 Å². The highest BCUT2D eigenvalue weighted by molar-refractivity contribution is 7.99. The van der Waals surface area contributed by atoms with Crippen molar-refractivity contribution in [3.05, 3.63) is 18.2 Å². The lowest BCUT2D eigenvalue weighted by Crippen LogP contribution is -2.36. The SMILES string of the molecule is COc1cccc(NCCN2CCSCC2)n1. The minimum absolute atomic E-state index is 0.657. The summed E-state index contributed by atoms with van der Waals surface area (Å²) in [7, 11) is 1.64. The summed E-state index contributed by atoms with van der Waals surface area (Å²) in [5, 5.41) is 3.33. The van der Waals surface area contributed by atoms with Gasteiger partial charge in [0.2, 0.25) is 5.88 Å². The van der Waals surface area contributed by atoms with E-state index >= 15 is 0 Å². The fourth-order valence-electron chi connectivity index (χ4n) is 1.79. The topological polar surface area (TPSA) is 37.4 Å². The minimum atomic E-state index is 0.657. The number of rotatable bonds is 5. The lowest BCUT2D eigenvalue weighted by atomic mass is 10.4. The van der Waals surface area contributed by atoms with Crippen LogP contribution in [0.25, 0.3) is 0 Å². The average Bonchev–Trinajstić information content (AvgIpc) is 2.40. The van der Waals surface area contributed by atoms with Gasteiger partial charge in [0.15, 0.2) is 0 Å². The standard InChI is InChI=1S/C12H19N3OS/c1-16-12-4-2-3-11(14-12)13-5-6-15-7-9-17-10-8-15/h2-4H,5-10H2,1H3,(H,13,14). The van der Waals surface area contributed by atoms with Gasteiger partial charge in [-0.05, 0) is 6.07 Å². The average molecular weight is 253 g/mol. The quantitative estimate of drug-likeness (QED) is 0.862. The van der Waals surface area contributed by atoms with E-state index in [-0.39, 0.29) is 0 Å². The van der Waals surface area contributed by atoms with E-state index in [2.05, 4.69) is 15.2 Å². The van der Waals surface area contributed by atoms with Crippen LogP contribution in [0, 0.1) is 0 Å². The summed E-state index contributed by atoms with van der Waals surface area (Å²) < 4.78 is 5.09. The van der Waals surface area contributed by atoms with Gasteiger partial charge in [-0.1, -0.05) is 6.07 Å². The molecule has 1 saturated heterocycles. The first kappa shape index (κ1) is 12.5. The highest BCUT2D eigenvalue weighted by atomic mass is 32.2. The first-order valence-corrected chi connectivity index (χ1v) is 7.09. The number of aromatic nitrogens is 1. The zero-order valence-corrected chi connectivity index (χ0v) is 11.0. The summed E-state index contributed by atoms with van der Waals surface area (Å²) >= 11 is 2.04. The number of pyridine rings is 1. The maximum absolute atomic E-state index is 5.09. The molecule has 2 rings (SSSR count). The van der Waals surface area contributed by atoms with Gasteiger partial charge in [-0.25, -0.2) is 0 Å². The summed E-state index contributed by atoms with van der Waals surface area (Å²) in [5.41, 5.74) is 0. The molecular formula is C12H19N3OS. The monoisotopic (exact) mass is 253 g/mol. The van der Waals surface area contributed by atoms with E-state index in [1.165, 1.54) is 24.6 Å². The van der Waals surface area contributed by atoms with Crippen LogP contribution in [0.3, 0.4) is 0 Å². The number of ether oxygens (including phenoxy) is 1. The molecule has 0 unspecified atom stereocenters. The Bertz CT molecular complexity index is 342. The predicted molar refractivity (Wildman–Crippen MR) is 73.0 cm³/mol. The molecule has 0 atom stereocenters. The van der Waals surface area contributed by atoms with Gasteiger partial charge < -0.3 is 10.1 Å². The number of nitrogens with one attached hydrogen (secondary N) is 1. The highest BCUT2D eigenvalue weighted by Crippen LogP contribution is 2.11. The Morgan fingerprint density at radius 2 is 2.24 bits per heavy atom. The van der Waals surface area contributed by atoms with Crippen LogP contribution in [0.15, 0.2) is 18.2 Å². The highest BCUT2D eigenvalue weighted by Gasteiger charge is 2.09. The molecule has 17 heavy (non-hydrogen) atoms. The van der Waals surface area contributed by atoms with Gasteiger partial charge in [0.1, 0.15) is 5.82 Å². The van der Waals surface area contributed by atoms with Crippen molar-refractivity contribution in [2.24, 2.45) is 0 Å². The smallest absolute Gasteiger partial charge is 0.214 e. The molecule has 1 aromatic heterocycles. The number of thioether (sulfide) groups is 1. The second kappa shape index (κ2) is 6.71. The lowest BCUT2D eigenvalue weighted by molar-refractivity contribution is 0.314. The van der Waals surface area contributed by atoms with Crippen molar-refractivity contribution in [2.75, 3.05) is 50.1 Å².